The van der Waals surface area contributed by atoms with E-state index in [0.29, 0.717) is 56.8 Å². The molecule has 0 spiro atoms. The van der Waals surface area contributed by atoms with Gasteiger partial charge in [-0.3, -0.25) is 4.79 Å². The van der Waals surface area contributed by atoms with E-state index in [1.807, 2.05) is 20.8 Å². The van der Waals surface area contributed by atoms with E-state index < -0.39 is 29.7 Å². The van der Waals surface area contributed by atoms with E-state index >= 15 is 0 Å². The fourth-order valence-corrected chi connectivity index (χ4v) is 5.44. The third-order valence-corrected chi connectivity index (χ3v) is 7.59. The summed E-state index contributed by atoms with van der Waals surface area (Å²) in [6, 6.07) is 7.40. The predicted molar refractivity (Wildman–Crippen MR) is 165 cm³/mol. The van der Waals surface area contributed by atoms with E-state index in [2.05, 4.69) is 5.32 Å². The third-order valence-electron chi connectivity index (χ3n) is 7.59. The molecule has 0 unspecified atom stereocenters. The van der Waals surface area contributed by atoms with Crippen LogP contribution in [0.1, 0.15) is 78.3 Å². The number of nitrogens with zero attached hydrogens (tertiary/aromatic N) is 2. The van der Waals surface area contributed by atoms with Crippen molar-refractivity contribution in [2.24, 2.45) is 5.73 Å². The molecular formula is C33H46F2N4O5. The van der Waals surface area contributed by atoms with Crippen LogP contribution >= 0.6 is 0 Å². The van der Waals surface area contributed by atoms with Gasteiger partial charge in [0.15, 0.2) is 0 Å². The van der Waals surface area contributed by atoms with Crippen molar-refractivity contribution in [3.63, 3.8) is 0 Å². The van der Waals surface area contributed by atoms with Crippen LogP contribution in [0.4, 0.5) is 13.6 Å². The number of ether oxygens (including phenoxy) is 2. The van der Waals surface area contributed by atoms with Crippen molar-refractivity contribution in [1.29, 1.82) is 0 Å². The average Bonchev–Trinajstić information content (AvgIpc) is 2.98. The highest BCUT2D eigenvalue weighted by Gasteiger charge is 2.28. The number of carbonyl (C=O) groups is 3. The minimum Gasteiger partial charge on any atom is -0.456 e. The van der Waals surface area contributed by atoms with Crippen LogP contribution in [0.2, 0.25) is 0 Å². The Labute approximate surface area is 259 Å². The molecule has 3 rings (SSSR count). The molecule has 0 radical (unpaired) electrons. The standard InChI is InChI=1S/C33H46F2N4O5/c1-5-10-38(11-6-2)31(40)24-14-22(4)15-25(19-24)32(41)44-30(29(36)18-23-16-26(34)20-27(35)17-23)21-37-28-8-12-39(13-9-28)33(42)43-7-3/h14-17,19-20,28-30,37H,5-13,18,21,36H2,1-4H3/t29-,30+/m0/s1. The first-order chi connectivity index (χ1) is 21.0. The zero-order valence-electron chi connectivity index (χ0n) is 26.2. The fourth-order valence-electron chi connectivity index (χ4n) is 5.44. The van der Waals surface area contributed by atoms with E-state index in [0.717, 1.165) is 24.5 Å². The molecule has 1 heterocycles. The summed E-state index contributed by atoms with van der Waals surface area (Å²) in [7, 11) is 0. The molecule has 44 heavy (non-hydrogen) atoms. The number of benzene rings is 2. The van der Waals surface area contributed by atoms with Gasteiger partial charge in [0, 0.05) is 56.4 Å². The number of aryl methyl sites for hydroxylation is 1. The van der Waals surface area contributed by atoms with Gasteiger partial charge >= 0.3 is 12.1 Å². The number of rotatable bonds is 14. The monoisotopic (exact) mass is 616 g/mol. The number of halogens is 2. The maximum absolute atomic E-state index is 13.9. The molecule has 3 N–H and O–H groups in total. The van der Waals surface area contributed by atoms with Crippen LogP contribution < -0.4 is 11.1 Å². The normalized spacial score (nSPS) is 15.0. The van der Waals surface area contributed by atoms with Crippen molar-refractivity contribution in [1.82, 2.24) is 15.1 Å². The summed E-state index contributed by atoms with van der Waals surface area (Å²) in [5.41, 5.74) is 8.21. The Morgan fingerprint density at radius 2 is 1.59 bits per heavy atom. The number of nitrogens with two attached hydrogens (primary N) is 1. The van der Waals surface area contributed by atoms with E-state index in [4.69, 9.17) is 15.2 Å². The number of carbonyl (C=O) groups excluding carboxylic acids is 3. The van der Waals surface area contributed by atoms with Gasteiger partial charge in [-0.05, 0) is 87.4 Å². The number of nitrogens with one attached hydrogen (secondary N) is 1. The molecule has 1 saturated heterocycles. The Balaban J connectivity index is 1.77. The predicted octanol–water partition coefficient (Wildman–Crippen LogP) is 4.84. The summed E-state index contributed by atoms with van der Waals surface area (Å²) < 4.78 is 38.8. The zero-order chi connectivity index (χ0) is 32.2. The number of piperidine rings is 1. The Morgan fingerprint density at radius 1 is 0.977 bits per heavy atom. The molecule has 11 heteroatoms. The number of hydrogen-bond donors (Lipinski definition) is 2. The van der Waals surface area contributed by atoms with Gasteiger partial charge in [0.1, 0.15) is 17.7 Å². The second-order valence-corrected chi connectivity index (χ2v) is 11.3. The molecule has 2 aromatic carbocycles. The molecule has 9 nitrogen and oxygen atoms in total. The van der Waals surface area contributed by atoms with Crippen molar-refractivity contribution in [2.45, 2.75) is 78.0 Å². The lowest BCUT2D eigenvalue weighted by molar-refractivity contribution is 0.0223. The Morgan fingerprint density at radius 3 is 2.18 bits per heavy atom. The quantitative estimate of drug-likeness (QED) is 0.292. The summed E-state index contributed by atoms with van der Waals surface area (Å²) in [6.45, 7) is 10.3. The largest absolute Gasteiger partial charge is 0.456 e. The third kappa shape index (κ3) is 10.3. The molecule has 0 aromatic heterocycles. The van der Waals surface area contributed by atoms with Crippen LogP contribution in [-0.2, 0) is 15.9 Å². The number of amides is 2. The molecule has 2 amide bonds. The van der Waals surface area contributed by atoms with Crippen LogP contribution in [0.3, 0.4) is 0 Å². The molecule has 2 aromatic rings. The summed E-state index contributed by atoms with van der Waals surface area (Å²) in [5, 5.41) is 3.40. The topological polar surface area (TPSA) is 114 Å². The molecule has 0 saturated carbocycles. The van der Waals surface area contributed by atoms with Gasteiger partial charge in [0.05, 0.1) is 12.2 Å². The Bertz CT molecular complexity index is 1240. The van der Waals surface area contributed by atoms with Gasteiger partial charge in [0.25, 0.3) is 5.91 Å². The number of likely N-dealkylation sites (tertiary alicyclic amines) is 1. The first kappa shape index (κ1) is 34.9. The fraction of sp³-hybridized carbons (Fsp3) is 0.545. The highest BCUT2D eigenvalue weighted by Crippen LogP contribution is 2.18. The van der Waals surface area contributed by atoms with Gasteiger partial charge < -0.3 is 30.3 Å². The molecule has 0 aliphatic carbocycles. The molecule has 242 valence electrons. The lowest BCUT2D eigenvalue weighted by Gasteiger charge is -2.33. The van der Waals surface area contributed by atoms with Crippen molar-refractivity contribution in [3.8, 4) is 0 Å². The van der Waals surface area contributed by atoms with E-state index in [-0.39, 0.29) is 36.6 Å². The van der Waals surface area contributed by atoms with Gasteiger partial charge in [0.2, 0.25) is 0 Å². The van der Waals surface area contributed by atoms with Crippen LogP contribution in [0.15, 0.2) is 36.4 Å². The molecule has 2 atom stereocenters. The highest BCUT2D eigenvalue weighted by molar-refractivity contribution is 5.98. The summed E-state index contributed by atoms with van der Waals surface area (Å²) in [6.07, 6.45) is 1.83. The van der Waals surface area contributed by atoms with Gasteiger partial charge in [-0.15, -0.1) is 0 Å². The number of hydrogen-bond acceptors (Lipinski definition) is 7. The smallest absolute Gasteiger partial charge is 0.409 e. The summed E-state index contributed by atoms with van der Waals surface area (Å²) in [5.74, 6) is -2.23. The Kier molecular flexibility index (Phi) is 13.5. The van der Waals surface area contributed by atoms with Crippen LogP contribution in [-0.4, -0.2) is 85.3 Å². The molecule has 0 bridgehead atoms. The van der Waals surface area contributed by atoms with Gasteiger partial charge in [-0.1, -0.05) is 13.8 Å². The second kappa shape index (κ2) is 17.1. The SMILES string of the molecule is CCCN(CCC)C(=O)c1cc(C)cc(C(=O)O[C@H](CNC2CCN(C(=O)OCC)CC2)[C@@H](N)Cc2cc(F)cc(F)c2)c1. The maximum Gasteiger partial charge on any atom is 0.409 e. The average molecular weight is 617 g/mol. The molecule has 1 aliphatic rings. The van der Waals surface area contributed by atoms with Gasteiger partial charge in [-0.25, -0.2) is 18.4 Å². The molecule has 1 aliphatic heterocycles. The van der Waals surface area contributed by atoms with E-state index in [1.165, 1.54) is 12.1 Å². The first-order valence-electron chi connectivity index (χ1n) is 15.5. The lowest BCUT2D eigenvalue weighted by atomic mass is 10.00. The number of esters is 1. The Hall–Kier alpha value is -3.57. The van der Waals surface area contributed by atoms with Crippen LogP contribution in [0.25, 0.3) is 0 Å². The van der Waals surface area contributed by atoms with Crippen molar-refractivity contribution in [2.75, 3.05) is 39.3 Å². The van der Waals surface area contributed by atoms with E-state index in [9.17, 15) is 23.2 Å². The highest BCUT2D eigenvalue weighted by atomic mass is 19.1. The minimum atomic E-state index is -0.853. The van der Waals surface area contributed by atoms with Crippen molar-refractivity contribution < 1.29 is 32.6 Å². The van der Waals surface area contributed by atoms with Crippen molar-refractivity contribution >= 4 is 18.0 Å². The minimum absolute atomic E-state index is 0.0343. The second-order valence-electron chi connectivity index (χ2n) is 11.3. The van der Waals surface area contributed by atoms with Crippen molar-refractivity contribution in [3.05, 3.63) is 70.3 Å². The summed E-state index contributed by atoms with van der Waals surface area (Å²) >= 11 is 0. The lowest BCUT2D eigenvalue weighted by Crippen LogP contribution is -2.51. The summed E-state index contributed by atoms with van der Waals surface area (Å²) in [4.78, 5) is 42.3. The first-order valence-corrected chi connectivity index (χ1v) is 15.5. The van der Waals surface area contributed by atoms with Crippen LogP contribution in [0.5, 0.6) is 0 Å². The molecular weight excluding hydrogens is 570 g/mol. The maximum atomic E-state index is 13.9. The molecule has 1 fully saturated rings. The van der Waals surface area contributed by atoms with Crippen LogP contribution in [0, 0.1) is 18.6 Å². The van der Waals surface area contributed by atoms with E-state index in [1.54, 1.807) is 34.9 Å². The zero-order valence-corrected chi connectivity index (χ0v) is 26.2. The van der Waals surface area contributed by atoms with Gasteiger partial charge in [-0.2, -0.15) is 0 Å².